The number of benzene rings is 2. The molecule has 2 amide bonds. The maximum atomic E-state index is 13.4. The normalized spacial score (nSPS) is 15.4. The molecule has 1 fully saturated rings. The molecule has 0 radical (unpaired) electrons. The van der Waals surface area contributed by atoms with Gasteiger partial charge in [0.05, 0.1) is 30.9 Å². The van der Waals surface area contributed by atoms with Gasteiger partial charge in [-0.05, 0) is 83.1 Å². The van der Waals surface area contributed by atoms with Crippen LogP contribution in [-0.4, -0.2) is 52.4 Å². The van der Waals surface area contributed by atoms with E-state index in [-0.39, 0.29) is 6.04 Å². The Morgan fingerprint density at radius 1 is 1.03 bits per heavy atom. The smallest absolute Gasteiger partial charge is 0.329 e. The average Bonchev–Trinajstić information content (AvgIpc) is 3.65. The highest BCUT2D eigenvalue weighted by Gasteiger charge is 2.52. The van der Waals surface area contributed by atoms with Crippen molar-refractivity contribution >= 4 is 12.0 Å². The summed E-state index contributed by atoms with van der Waals surface area (Å²) in [7, 11) is 0. The zero-order chi connectivity index (χ0) is 27.0. The van der Waals surface area contributed by atoms with Crippen LogP contribution in [0.2, 0.25) is 0 Å². The van der Waals surface area contributed by atoms with Crippen molar-refractivity contribution in [2.45, 2.75) is 77.5 Å². The molecule has 0 saturated heterocycles. The summed E-state index contributed by atoms with van der Waals surface area (Å²) in [5.74, 6) is 0.0222. The van der Waals surface area contributed by atoms with Crippen LogP contribution in [0.3, 0.4) is 0 Å². The van der Waals surface area contributed by atoms with Crippen molar-refractivity contribution in [1.82, 2.24) is 10.2 Å². The van der Waals surface area contributed by atoms with Crippen LogP contribution in [0.1, 0.15) is 82.2 Å². The molecule has 0 bridgehead atoms. The van der Waals surface area contributed by atoms with Crippen LogP contribution in [-0.2, 0) is 11.2 Å². The fourth-order valence-electron chi connectivity index (χ4n) is 4.52. The number of carboxylic acid groups (broad SMARTS) is 1. The third-order valence-electron chi connectivity index (χ3n) is 6.82. The van der Waals surface area contributed by atoms with Gasteiger partial charge in [-0.15, -0.1) is 0 Å². The second-order valence-corrected chi connectivity index (χ2v) is 9.60. The number of carbonyl (C=O) groups excluding carboxylic acids is 1. The Hall–Kier alpha value is -3.26. The number of urea groups is 1. The molecule has 1 aliphatic rings. The number of aliphatic hydroxyl groups is 1. The number of ether oxygens (including phenoxy) is 2. The molecule has 3 rings (SSSR count). The Balaban J connectivity index is 1.86. The summed E-state index contributed by atoms with van der Waals surface area (Å²) in [6.07, 6.45) is 2.60. The maximum Gasteiger partial charge on any atom is 0.329 e. The summed E-state index contributed by atoms with van der Waals surface area (Å²) in [6.45, 7) is 8.60. The first-order valence-electron chi connectivity index (χ1n) is 13.2. The minimum Gasteiger partial charge on any atom is -0.493 e. The van der Waals surface area contributed by atoms with Crippen molar-refractivity contribution in [1.29, 1.82) is 0 Å². The lowest BCUT2D eigenvalue weighted by Crippen LogP contribution is -2.50. The van der Waals surface area contributed by atoms with E-state index in [1.807, 2.05) is 51.1 Å². The minimum atomic E-state index is -1.18. The number of nitrogens with zero attached hydrogens (tertiary/aromatic N) is 1. The van der Waals surface area contributed by atoms with E-state index in [1.54, 1.807) is 11.8 Å². The van der Waals surface area contributed by atoms with E-state index >= 15 is 0 Å². The first kappa shape index (κ1) is 28.3. The molecule has 1 saturated carbocycles. The van der Waals surface area contributed by atoms with Gasteiger partial charge in [0.15, 0.2) is 0 Å². The number of aliphatic hydroxyl groups excluding tert-OH is 1. The molecule has 8 heteroatoms. The number of aliphatic carboxylic acids is 1. The summed E-state index contributed by atoms with van der Waals surface area (Å²) >= 11 is 0. The zero-order valence-electron chi connectivity index (χ0n) is 22.3. The molecular weight excluding hydrogens is 472 g/mol. The Bertz CT molecular complexity index is 1020. The van der Waals surface area contributed by atoms with Crippen LogP contribution < -0.4 is 14.8 Å². The van der Waals surface area contributed by atoms with Gasteiger partial charge in [0, 0.05) is 6.54 Å². The van der Waals surface area contributed by atoms with Crippen molar-refractivity contribution in [3.63, 3.8) is 0 Å². The molecule has 2 aromatic rings. The van der Waals surface area contributed by atoms with E-state index in [4.69, 9.17) is 9.47 Å². The number of amides is 2. The Kier molecular flexibility index (Phi) is 9.80. The maximum absolute atomic E-state index is 13.4. The summed E-state index contributed by atoms with van der Waals surface area (Å²) in [5, 5.41) is 22.8. The highest BCUT2D eigenvalue weighted by Crippen LogP contribution is 2.40. The summed E-state index contributed by atoms with van der Waals surface area (Å²) in [4.78, 5) is 26.9. The van der Waals surface area contributed by atoms with Gasteiger partial charge >= 0.3 is 12.0 Å². The molecular formula is C29H40N2O6. The molecule has 8 nitrogen and oxygen atoms in total. The Morgan fingerprint density at radius 3 is 2.11 bits per heavy atom. The first-order chi connectivity index (χ1) is 17.7. The van der Waals surface area contributed by atoms with Gasteiger partial charge in [0.25, 0.3) is 0 Å². The standard InChI is InChI=1S/C29H40N2O6/c1-5-36-24-18-23(19-25(37-6-2)26(24)21(4)32)20(3)31(28(35)30-29(15-16-29)27(33)34)17-11-10-14-22-12-8-7-9-13-22/h7-9,12-13,18-21,32H,5-6,10-11,14-17H2,1-4H3,(H,30,35)(H,33,34)/t20-,21?/m1/s1. The Morgan fingerprint density at radius 2 is 1.62 bits per heavy atom. The molecule has 0 spiro atoms. The number of hydrogen-bond acceptors (Lipinski definition) is 5. The molecule has 1 aliphatic carbocycles. The average molecular weight is 513 g/mol. The molecule has 2 aromatic carbocycles. The van der Waals surface area contributed by atoms with Crippen molar-refractivity contribution in [3.8, 4) is 11.5 Å². The van der Waals surface area contributed by atoms with E-state index in [0.29, 0.717) is 49.7 Å². The van der Waals surface area contributed by atoms with Crippen LogP contribution in [0, 0.1) is 0 Å². The van der Waals surface area contributed by atoms with Crippen molar-refractivity contribution in [2.24, 2.45) is 0 Å². The van der Waals surface area contributed by atoms with Crippen molar-refractivity contribution in [2.75, 3.05) is 19.8 Å². The molecule has 37 heavy (non-hydrogen) atoms. The summed E-state index contributed by atoms with van der Waals surface area (Å²) in [6, 6.07) is 13.1. The number of aryl methyl sites for hydroxylation is 1. The zero-order valence-corrected chi connectivity index (χ0v) is 22.3. The van der Waals surface area contributed by atoms with E-state index in [0.717, 1.165) is 24.8 Å². The SMILES string of the molecule is CCOc1cc([C@@H](C)N(CCCCc2ccccc2)C(=O)NC2(C(=O)O)CC2)cc(OCC)c1C(C)O. The predicted molar refractivity (Wildman–Crippen MR) is 142 cm³/mol. The number of nitrogens with one attached hydrogen (secondary N) is 1. The molecule has 1 unspecified atom stereocenters. The summed E-state index contributed by atoms with van der Waals surface area (Å²) < 4.78 is 11.7. The molecule has 0 aromatic heterocycles. The second-order valence-electron chi connectivity index (χ2n) is 9.60. The fraction of sp³-hybridized carbons (Fsp3) is 0.517. The van der Waals surface area contributed by atoms with Crippen LogP contribution in [0.4, 0.5) is 4.79 Å². The van der Waals surface area contributed by atoms with Gasteiger partial charge < -0.3 is 29.9 Å². The van der Waals surface area contributed by atoms with Crippen LogP contribution >= 0.6 is 0 Å². The lowest BCUT2D eigenvalue weighted by molar-refractivity contribution is -0.140. The molecule has 2 atom stereocenters. The molecule has 0 heterocycles. The van der Waals surface area contributed by atoms with E-state index < -0.39 is 23.6 Å². The Labute approximate surface area is 219 Å². The largest absolute Gasteiger partial charge is 0.493 e. The lowest BCUT2D eigenvalue weighted by atomic mass is 9.99. The highest BCUT2D eigenvalue weighted by molar-refractivity contribution is 5.89. The van der Waals surface area contributed by atoms with Gasteiger partial charge in [-0.1, -0.05) is 30.3 Å². The topological polar surface area (TPSA) is 108 Å². The van der Waals surface area contributed by atoms with Gasteiger partial charge in [-0.2, -0.15) is 0 Å². The van der Waals surface area contributed by atoms with Crippen LogP contribution in [0.5, 0.6) is 11.5 Å². The number of unbranched alkanes of at least 4 members (excludes halogenated alkanes) is 1. The number of rotatable bonds is 14. The van der Waals surface area contributed by atoms with Gasteiger partial charge in [-0.25, -0.2) is 9.59 Å². The third kappa shape index (κ3) is 7.16. The summed E-state index contributed by atoms with van der Waals surface area (Å²) in [5.41, 5.74) is 1.42. The first-order valence-corrected chi connectivity index (χ1v) is 13.2. The van der Waals surface area contributed by atoms with E-state index in [2.05, 4.69) is 17.4 Å². The van der Waals surface area contributed by atoms with Crippen LogP contribution in [0.25, 0.3) is 0 Å². The van der Waals surface area contributed by atoms with Crippen molar-refractivity contribution < 1.29 is 29.3 Å². The third-order valence-corrected chi connectivity index (χ3v) is 6.82. The fourth-order valence-corrected chi connectivity index (χ4v) is 4.52. The van der Waals surface area contributed by atoms with Gasteiger partial charge in [0.1, 0.15) is 17.0 Å². The monoisotopic (exact) mass is 512 g/mol. The molecule has 0 aliphatic heterocycles. The van der Waals surface area contributed by atoms with Gasteiger partial charge in [-0.3, -0.25) is 0 Å². The van der Waals surface area contributed by atoms with Crippen LogP contribution in [0.15, 0.2) is 42.5 Å². The predicted octanol–water partition coefficient (Wildman–Crippen LogP) is 5.25. The number of carboxylic acids is 1. The number of hydrogen-bond donors (Lipinski definition) is 3. The minimum absolute atomic E-state index is 0.386. The highest BCUT2D eigenvalue weighted by atomic mass is 16.5. The van der Waals surface area contributed by atoms with Crippen molar-refractivity contribution in [3.05, 3.63) is 59.2 Å². The van der Waals surface area contributed by atoms with E-state index in [1.165, 1.54) is 5.56 Å². The van der Waals surface area contributed by atoms with Gasteiger partial charge in [0.2, 0.25) is 0 Å². The molecule has 202 valence electrons. The number of carbonyl (C=O) groups is 2. The van der Waals surface area contributed by atoms with E-state index in [9.17, 15) is 19.8 Å². The quantitative estimate of drug-likeness (QED) is 0.298. The lowest BCUT2D eigenvalue weighted by Gasteiger charge is -2.32. The molecule has 3 N–H and O–H groups in total. The second kappa shape index (κ2) is 12.8.